The first-order chi connectivity index (χ1) is 18.4. The second-order valence-corrected chi connectivity index (χ2v) is 11.1. The number of carbonyl (C=O) groups excluding carboxylic acids is 3. The third-order valence-corrected chi connectivity index (χ3v) is 8.29. The van der Waals surface area contributed by atoms with Gasteiger partial charge in [0.05, 0.1) is 17.2 Å². The Morgan fingerprint density at radius 3 is 2.47 bits per heavy atom. The number of nitrogens with one attached hydrogen (secondary N) is 2. The molecule has 210 valence electrons. The number of amides is 3. The molecule has 2 saturated heterocycles. The van der Waals surface area contributed by atoms with Crippen LogP contribution in [-0.4, -0.2) is 106 Å². The van der Waals surface area contributed by atoms with Crippen molar-refractivity contribution in [1.82, 2.24) is 20.0 Å². The Morgan fingerprint density at radius 2 is 1.74 bits per heavy atom. The van der Waals surface area contributed by atoms with E-state index in [-0.39, 0.29) is 5.91 Å². The van der Waals surface area contributed by atoms with Gasteiger partial charge in [0, 0.05) is 56.7 Å². The van der Waals surface area contributed by atoms with E-state index in [0.717, 1.165) is 55.8 Å². The summed E-state index contributed by atoms with van der Waals surface area (Å²) in [5.41, 5.74) is 1.26. The van der Waals surface area contributed by atoms with Crippen molar-refractivity contribution in [2.24, 2.45) is 0 Å². The minimum absolute atomic E-state index is 0.253. The number of piperidine rings is 1. The van der Waals surface area contributed by atoms with E-state index in [4.69, 9.17) is 0 Å². The van der Waals surface area contributed by atoms with Gasteiger partial charge in [-0.1, -0.05) is 41.3 Å². The van der Waals surface area contributed by atoms with Gasteiger partial charge in [-0.2, -0.15) is 0 Å². The molecule has 0 radical (unpaired) electrons. The second-order valence-electron chi connectivity index (χ2n) is 10.3. The number of alkyl halides is 1. The number of benzene rings is 1. The fraction of sp³-hybridized carbons (Fsp3) is 0.667. The van der Waals surface area contributed by atoms with E-state index < -0.39 is 30.3 Å². The molecule has 3 amide bonds. The van der Waals surface area contributed by atoms with E-state index in [2.05, 4.69) is 31.5 Å². The lowest BCUT2D eigenvalue weighted by molar-refractivity contribution is -0.133. The van der Waals surface area contributed by atoms with Crippen LogP contribution in [0, 0.1) is 0 Å². The number of nitrogens with zero attached hydrogens (tertiary/aromatic N) is 3. The topological polar surface area (TPSA) is 125 Å². The number of piperazine rings is 1. The molecular weight excluding hydrogens is 554 g/mol. The first kappa shape index (κ1) is 28.9. The van der Waals surface area contributed by atoms with Crippen molar-refractivity contribution in [3.63, 3.8) is 0 Å². The zero-order valence-corrected chi connectivity index (χ0v) is 23.5. The number of hydrogen-bond acceptors (Lipinski definition) is 8. The zero-order valence-electron chi connectivity index (χ0n) is 21.9. The SMILES string of the molecule is O=C(CCCCCCCBr)N1CCN(CCNc2cccc3c2C(=O)N(C2CCC(O)NC2O)C3=O)CC1. The van der Waals surface area contributed by atoms with Crippen LogP contribution < -0.4 is 10.6 Å². The van der Waals surface area contributed by atoms with Gasteiger partial charge in [-0.05, 0) is 37.8 Å². The minimum atomic E-state index is -1.17. The number of imide groups is 1. The number of unbranched alkanes of at least 4 members (excludes halogenated alkanes) is 4. The number of aliphatic hydroxyl groups is 2. The van der Waals surface area contributed by atoms with Gasteiger partial charge in [0.25, 0.3) is 11.8 Å². The van der Waals surface area contributed by atoms with Gasteiger partial charge in [-0.25, -0.2) is 0 Å². The van der Waals surface area contributed by atoms with Crippen LogP contribution in [0.3, 0.4) is 0 Å². The Labute approximate surface area is 232 Å². The molecule has 3 atom stereocenters. The lowest BCUT2D eigenvalue weighted by Gasteiger charge is -2.36. The molecule has 11 heteroatoms. The van der Waals surface area contributed by atoms with Gasteiger partial charge < -0.3 is 20.4 Å². The van der Waals surface area contributed by atoms with Crippen LogP contribution in [0.15, 0.2) is 18.2 Å². The molecule has 3 unspecified atom stereocenters. The molecule has 0 bridgehead atoms. The molecule has 0 aromatic heterocycles. The highest BCUT2D eigenvalue weighted by molar-refractivity contribution is 9.09. The van der Waals surface area contributed by atoms with Crippen molar-refractivity contribution in [1.29, 1.82) is 0 Å². The highest BCUT2D eigenvalue weighted by Crippen LogP contribution is 2.33. The van der Waals surface area contributed by atoms with Gasteiger partial charge in [0.1, 0.15) is 12.5 Å². The van der Waals surface area contributed by atoms with Crippen LogP contribution in [-0.2, 0) is 4.79 Å². The van der Waals surface area contributed by atoms with Gasteiger partial charge in [0.2, 0.25) is 5.91 Å². The van der Waals surface area contributed by atoms with Crippen LogP contribution in [0.4, 0.5) is 5.69 Å². The van der Waals surface area contributed by atoms with E-state index in [1.165, 1.54) is 19.3 Å². The number of fused-ring (bicyclic) bond motifs is 1. The molecule has 0 saturated carbocycles. The Balaban J connectivity index is 1.23. The maximum Gasteiger partial charge on any atom is 0.264 e. The largest absolute Gasteiger partial charge is 0.383 e. The smallest absolute Gasteiger partial charge is 0.264 e. The summed E-state index contributed by atoms with van der Waals surface area (Å²) < 4.78 is 0. The standard InChI is InChI=1S/C27H40BrN5O5/c28-12-5-3-1-2-4-9-23(35)32-17-15-31(16-18-32)14-13-29-20-8-6-7-19-24(20)27(38)33(26(19)37)21-10-11-22(34)30-25(21)36/h6-8,21-22,25,29-30,34,36H,1-5,9-18H2. The zero-order chi connectivity index (χ0) is 27.1. The van der Waals surface area contributed by atoms with Crippen molar-refractivity contribution in [2.45, 2.75) is 69.9 Å². The Bertz CT molecular complexity index is 987. The number of anilines is 1. The van der Waals surface area contributed by atoms with Crippen molar-refractivity contribution in [3.05, 3.63) is 29.3 Å². The van der Waals surface area contributed by atoms with Gasteiger partial charge in [-0.15, -0.1) is 0 Å². The summed E-state index contributed by atoms with van der Waals surface area (Å²) in [7, 11) is 0. The molecule has 4 rings (SSSR count). The summed E-state index contributed by atoms with van der Waals surface area (Å²) in [6, 6.07) is 4.46. The van der Waals surface area contributed by atoms with Gasteiger partial charge in [0.15, 0.2) is 0 Å². The summed E-state index contributed by atoms with van der Waals surface area (Å²) in [5.74, 6) is -0.593. The summed E-state index contributed by atoms with van der Waals surface area (Å²) in [6.45, 7) is 4.45. The third kappa shape index (κ3) is 6.93. The lowest BCUT2D eigenvalue weighted by Crippen LogP contribution is -2.58. The average molecular weight is 595 g/mol. The molecule has 3 aliphatic heterocycles. The number of halogens is 1. The highest BCUT2D eigenvalue weighted by atomic mass is 79.9. The molecule has 0 spiro atoms. The van der Waals surface area contributed by atoms with Crippen LogP contribution in [0.25, 0.3) is 0 Å². The monoisotopic (exact) mass is 593 g/mol. The predicted octanol–water partition coefficient (Wildman–Crippen LogP) is 1.96. The molecule has 3 aliphatic rings. The minimum Gasteiger partial charge on any atom is -0.383 e. The quantitative estimate of drug-likeness (QED) is 0.165. The summed E-state index contributed by atoms with van der Waals surface area (Å²) in [6.07, 6.45) is 4.94. The van der Waals surface area contributed by atoms with Crippen molar-refractivity contribution < 1.29 is 24.6 Å². The van der Waals surface area contributed by atoms with Crippen molar-refractivity contribution >= 4 is 39.3 Å². The normalized spacial score (nSPS) is 24.1. The molecule has 1 aromatic carbocycles. The maximum absolute atomic E-state index is 13.3. The third-order valence-electron chi connectivity index (χ3n) is 7.73. The first-order valence-corrected chi connectivity index (χ1v) is 15.0. The summed E-state index contributed by atoms with van der Waals surface area (Å²) >= 11 is 3.45. The summed E-state index contributed by atoms with van der Waals surface area (Å²) in [5, 5.41) is 27.0. The lowest BCUT2D eigenvalue weighted by atomic mass is 10.0. The maximum atomic E-state index is 13.3. The summed E-state index contributed by atoms with van der Waals surface area (Å²) in [4.78, 5) is 44.2. The molecule has 0 aliphatic carbocycles. The fourth-order valence-electron chi connectivity index (χ4n) is 5.53. The van der Waals surface area contributed by atoms with Gasteiger partial charge >= 0.3 is 0 Å². The van der Waals surface area contributed by atoms with Crippen molar-refractivity contribution in [2.75, 3.05) is 49.9 Å². The van der Waals surface area contributed by atoms with Crippen LogP contribution in [0.5, 0.6) is 0 Å². The molecule has 2 fully saturated rings. The number of carbonyl (C=O) groups is 3. The van der Waals surface area contributed by atoms with Crippen LogP contribution in [0.1, 0.15) is 72.1 Å². The molecule has 4 N–H and O–H groups in total. The van der Waals surface area contributed by atoms with E-state index >= 15 is 0 Å². The van der Waals surface area contributed by atoms with E-state index in [0.29, 0.717) is 42.6 Å². The Morgan fingerprint density at radius 1 is 1.00 bits per heavy atom. The fourth-order valence-corrected chi connectivity index (χ4v) is 5.93. The number of hydrogen-bond donors (Lipinski definition) is 4. The molecule has 1 aromatic rings. The molecular formula is C27H40BrN5O5. The first-order valence-electron chi connectivity index (χ1n) is 13.8. The van der Waals surface area contributed by atoms with E-state index in [9.17, 15) is 24.6 Å². The average Bonchev–Trinajstić information content (AvgIpc) is 3.17. The van der Waals surface area contributed by atoms with Gasteiger partial charge in [-0.3, -0.25) is 29.5 Å². The van der Waals surface area contributed by atoms with Crippen molar-refractivity contribution in [3.8, 4) is 0 Å². The Kier molecular flexibility index (Phi) is 10.5. The van der Waals surface area contributed by atoms with Crippen LogP contribution in [0.2, 0.25) is 0 Å². The molecule has 3 heterocycles. The molecule has 38 heavy (non-hydrogen) atoms. The predicted molar refractivity (Wildman–Crippen MR) is 148 cm³/mol. The molecule has 10 nitrogen and oxygen atoms in total. The van der Waals surface area contributed by atoms with E-state index in [1.54, 1.807) is 18.2 Å². The second kappa shape index (κ2) is 13.8. The Hall–Kier alpha value is -2.05. The number of aliphatic hydroxyl groups excluding tert-OH is 2. The number of rotatable bonds is 12. The van der Waals surface area contributed by atoms with Crippen LogP contribution >= 0.6 is 15.9 Å². The van der Waals surface area contributed by atoms with E-state index in [1.807, 2.05) is 4.90 Å². The highest BCUT2D eigenvalue weighted by Gasteiger charge is 2.45.